The van der Waals surface area contributed by atoms with E-state index in [1.54, 1.807) is 20.8 Å². The van der Waals surface area contributed by atoms with Crippen molar-refractivity contribution in [3.63, 3.8) is 0 Å². The van der Waals surface area contributed by atoms with Crippen molar-refractivity contribution in [2.24, 2.45) is 0 Å². The van der Waals surface area contributed by atoms with Crippen molar-refractivity contribution < 1.29 is 29.0 Å². The SMILES string of the molecule is CC(=O)OC(C#C[Si](C)(C)C)C(NC(=O)OC(C)(C)C)C(=O)O. The molecule has 0 aliphatic carbocycles. The van der Waals surface area contributed by atoms with Crippen LogP contribution in [-0.4, -0.2) is 49.0 Å². The molecule has 2 unspecified atom stereocenters. The number of nitrogens with one attached hydrogen (secondary N) is 1. The molecule has 0 heterocycles. The van der Waals surface area contributed by atoms with Crippen LogP contribution in [0.15, 0.2) is 0 Å². The van der Waals surface area contributed by atoms with Gasteiger partial charge in [0.25, 0.3) is 0 Å². The normalized spacial score (nSPS) is 13.9. The minimum absolute atomic E-state index is 0.683. The van der Waals surface area contributed by atoms with E-state index in [0.29, 0.717) is 0 Å². The van der Waals surface area contributed by atoms with Crippen molar-refractivity contribution >= 4 is 26.1 Å². The summed E-state index contributed by atoms with van der Waals surface area (Å²) in [5.41, 5.74) is 2.16. The number of carbonyl (C=O) groups is 3. The van der Waals surface area contributed by atoms with E-state index in [4.69, 9.17) is 9.47 Å². The van der Waals surface area contributed by atoms with Crippen LogP contribution in [0.3, 0.4) is 0 Å². The Morgan fingerprint density at radius 1 is 1.17 bits per heavy atom. The van der Waals surface area contributed by atoms with Gasteiger partial charge in [-0.05, 0) is 20.8 Å². The molecule has 0 saturated heterocycles. The van der Waals surface area contributed by atoms with Crippen LogP contribution in [0.5, 0.6) is 0 Å². The largest absolute Gasteiger partial charge is 0.480 e. The molecule has 0 aromatic rings. The van der Waals surface area contributed by atoms with E-state index in [9.17, 15) is 19.5 Å². The lowest BCUT2D eigenvalue weighted by atomic mass is 10.1. The van der Waals surface area contributed by atoms with E-state index in [0.717, 1.165) is 6.92 Å². The summed E-state index contributed by atoms with van der Waals surface area (Å²) in [5, 5.41) is 11.5. The molecule has 0 spiro atoms. The van der Waals surface area contributed by atoms with Gasteiger partial charge < -0.3 is 19.9 Å². The third-order valence-electron chi connectivity index (χ3n) is 2.12. The van der Waals surface area contributed by atoms with E-state index < -0.39 is 43.9 Å². The number of rotatable bonds is 4. The zero-order valence-corrected chi connectivity index (χ0v) is 15.6. The highest BCUT2D eigenvalue weighted by Gasteiger charge is 2.33. The van der Waals surface area contributed by atoms with Crippen LogP contribution in [0.25, 0.3) is 0 Å². The molecule has 0 bridgehead atoms. The maximum Gasteiger partial charge on any atom is 0.408 e. The lowest BCUT2D eigenvalue weighted by molar-refractivity contribution is -0.150. The predicted octanol–water partition coefficient (Wildman–Crippen LogP) is 1.78. The minimum Gasteiger partial charge on any atom is -0.480 e. The lowest BCUT2D eigenvalue weighted by Gasteiger charge is -2.24. The van der Waals surface area contributed by atoms with Crippen molar-refractivity contribution in [3.05, 3.63) is 0 Å². The molecule has 0 aromatic heterocycles. The van der Waals surface area contributed by atoms with E-state index in [1.165, 1.54) is 0 Å². The van der Waals surface area contributed by atoms with Gasteiger partial charge in [0.2, 0.25) is 0 Å². The van der Waals surface area contributed by atoms with E-state index in [1.807, 2.05) is 19.6 Å². The highest BCUT2D eigenvalue weighted by molar-refractivity contribution is 6.83. The Kier molecular flexibility index (Phi) is 7.31. The predicted molar refractivity (Wildman–Crippen MR) is 87.5 cm³/mol. The third kappa shape index (κ3) is 10.4. The summed E-state index contributed by atoms with van der Waals surface area (Å²) < 4.78 is 9.98. The summed E-state index contributed by atoms with van der Waals surface area (Å²) in [6.45, 7) is 12.0. The van der Waals surface area contributed by atoms with Crippen molar-refractivity contribution in [1.82, 2.24) is 5.32 Å². The topological polar surface area (TPSA) is 102 Å². The van der Waals surface area contributed by atoms with Crippen LogP contribution in [0.4, 0.5) is 4.79 Å². The van der Waals surface area contributed by atoms with Crippen molar-refractivity contribution in [3.8, 4) is 11.5 Å². The van der Waals surface area contributed by atoms with Crippen molar-refractivity contribution in [2.45, 2.75) is 65.1 Å². The number of esters is 1. The fourth-order valence-electron chi connectivity index (χ4n) is 1.35. The number of aliphatic carboxylic acids is 1. The summed E-state index contributed by atoms with van der Waals surface area (Å²) in [6.07, 6.45) is -2.21. The Morgan fingerprint density at radius 2 is 1.70 bits per heavy atom. The number of carboxylic acid groups (broad SMARTS) is 1. The standard InChI is InChI=1S/C15H25NO6Si/c1-10(17)21-11(8-9-23(5,6)7)12(13(18)19)16-14(20)22-15(2,3)4/h11-12H,1-7H3,(H,16,20)(H,18,19). The molecule has 8 heteroatoms. The van der Waals surface area contributed by atoms with Gasteiger partial charge in [-0.15, -0.1) is 5.54 Å². The fraction of sp³-hybridized carbons (Fsp3) is 0.667. The Morgan fingerprint density at radius 3 is 2.04 bits per heavy atom. The molecule has 0 saturated carbocycles. The van der Waals surface area contributed by atoms with E-state index >= 15 is 0 Å². The second-order valence-corrected chi connectivity index (χ2v) is 11.8. The second kappa shape index (κ2) is 8.01. The van der Waals surface area contributed by atoms with Gasteiger partial charge in [-0.25, -0.2) is 9.59 Å². The first-order valence-corrected chi connectivity index (χ1v) is 10.6. The Balaban J connectivity index is 5.37. The van der Waals surface area contributed by atoms with E-state index in [2.05, 4.69) is 16.8 Å². The molecule has 0 radical (unpaired) electrons. The molecular formula is C15H25NO6Si. The molecule has 0 rings (SSSR count). The number of amides is 1. The summed E-state index contributed by atoms with van der Waals surface area (Å²) in [7, 11) is -1.82. The highest BCUT2D eigenvalue weighted by Crippen LogP contribution is 2.09. The fourth-order valence-corrected chi connectivity index (χ4v) is 1.92. The quantitative estimate of drug-likeness (QED) is 0.458. The molecule has 23 heavy (non-hydrogen) atoms. The Labute approximate surface area is 137 Å². The molecule has 130 valence electrons. The van der Waals surface area contributed by atoms with Crippen LogP contribution in [0, 0.1) is 11.5 Å². The van der Waals surface area contributed by atoms with Crippen molar-refractivity contribution in [2.75, 3.05) is 0 Å². The molecule has 1 amide bonds. The van der Waals surface area contributed by atoms with Crippen LogP contribution in [0.2, 0.25) is 19.6 Å². The first-order valence-electron chi connectivity index (χ1n) is 7.13. The Hall–Kier alpha value is -2.01. The average molecular weight is 343 g/mol. The molecule has 0 aliphatic heterocycles. The second-order valence-electron chi connectivity index (χ2n) is 7.01. The number of ether oxygens (including phenoxy) is 2. The third-order valence-corrected chi connectivity index (χ3v) is 3.02. The number of carbonyl (C=O) groups excluding carboxylic acids is 2. The van der Waals surface area contributed by atoms with Crippen LogP contribution in [0.1, 0.15) is 27.7 Å². The average Bonchev–Trinajstić information content (AvgIpc) is 2.27. The summed E-state index contributed by atoms with van der Waals surface area (Å²) in [5.74, 6) is 0.606. The summed E-state index contributed by atoms with van der Waals surface area (Å²) in [6, 6.07) is -1.52. The molecule has 0 fully saturated rings. The molecule has 7 nitrogen and oxygen atoms in total. The van der Waals surface area contributed by atoms with Crippen LogP contribution in [-0.2, 0) is 19.1 Å². The first kappa shape index (κ1) is 21.0. The minimum atomic E-state index is -1.82. The number of alkyl carbamates (subject to hydrolysis) is 1. The summed E-state index contributed by atoms with van der Waals surface area (Å²) >= 11 is 0. The number of hydrogen-bond acceptors (Lipinski definition) is 5. The Bertz CT molecular complexity index is 521. The van der Waals surface area contributed by atoms with Gasteiger partial charge in [0.1, 0.15) is 13.7 Å². The van der Waals surface area contributed by atoms with Crippen LogP contribution < -0.4 is 5.32 Å². The van der Waals surface area contributed by atoms with Gasteiger partial charge in [-0.2, -0.15) is 0 Å². The van der Waals surface area contributed by atoms with Gasteiger partial charge in [-0.1, -0.05) is 25.6 Å². The molecule has 2 atom stereocenters. The van der Waals surface area contributed by atoms with Crippen LogP contribution >= 0.6 is 0 Å². The highest BCUT2D eigenvalue weighted by atomic mass is 28.3. The molecule has 2 N–H and O–H groups in total. The van der Waals surface area contributed by atoms with Gasteiger partial charge in [0.15, 0.2) is 12.1 Å². The molecular weight excluding hydrogens is 318 g/mol. The zero-order valence-electron chi connectivity index (χ0n) is 14.6. The van der Waals surface area contributed by atoms with Gasteiger partial charge >= 0.3 is 18.0 Å². The number of carboxylic acids is 1. The zero-order chi connectivity index (χ0) is 18.4. The number of hydrogen-bond donors (Lipinski definition) is 2. The van der Waals surface area contributed by atoms with Gasteiger partial charge in [0, 0.05) is 6.92 Å². The maximum absolute atomic E-state index is 11.8. The van der Waals surface area contributed by atoms with Gasteiger partial charge in [-0.3, -0.25) is 4.79 Å². The molecule has 0 aromatic carbocycles. The van der Waals surface area contributed by atoms with Crippen molar-refractivity contribution in [1.29, 1.82) is 0 Å². The summed E-state index contributed by atoms with van der Waals surface area (Å²) in [4.78, 5) is 34.4. The van der Waals surface area contributed by atoms with E-state index in [-0.39, 0.29) is 0 Å². The smallest absolute Gasteiger partial charge is 0.408 e. The monoisotopic (exact) mass is 343 g/mol. The molecule has 0 aliphatic rings. The first-order chi connectivity index (χ1) is 10.2. The van der Waals surface area contributed by atoms with Gasteiger partial charge in [0.05, 0.1) is 0 Å². The lowest BCUT2D eigenvalue weighted by Crippen LogP contribution is -2.51. The maximum atomic E-state index is 11.8.